The molecule has 1 saturated heterocycles. The van der Waals surface area contributed by atoms with Crippen molar-refractivity contribution in [1.82, 2.24) is 10.0 Å². The van der Waals surface area contributed by atoms with E-state index in [1.54, 1.807) is 24.3 Å². The molecule has 1 heterocycles. The normalized spacial score (nSPS) is 17.0. The third-order valence-corrected chi connectivity index (χ3v) is 6.01. The van der Waals surface area contributed by atoms with Crippen LogP contribution in [0.5, 0.6) is 0 Å². The Hall–Kier alpha value is -1.67. The summed E-state index contributed by atoms with van der Waals surface area (Å²) in [6, 6.07) is 10.4. The van der Waals surface area contributed by atoms with Gasteiger partial charge in [0.1, 0.15) is 0 Å². The third kappa shape index (κ3) is 4.73. The van der Waals surface area contributed by atoms with Gasteiger partial charge in [-0.05, 0) is 44.0 Å². The molecule has 1 atom stereocenters. The van der Waals surface area contributed by atoms with Crippen LogP contribution < -0.4 is 15.4 Å². The SMILES string of the molecule is CC(=O)Nc1ccc(S(=O)(=O)NCCC2CCNC2)c2ccccc12.Cl. The van der Waals surface area contributed by atoms with Crippen molar-refractivity contribution in [2.75, 3.05) is 25.0 Å². The standard InChI is InChI=1S/C18H23N3O3S.ClH/c1-13(22)21-17-6-7-18(16-5-3-2-4-15(16)17)25(23,24)20-11-9-14-8-10-19-12-14;/h2-7,14,19-20H,8-12H2,1H3,(H,21,22);1H. The summed E-state index contributed by atoms with van der Waals surface area (Å²) in [5, 5.41) is 7.34. The Balaban J connectivity index is 0.00000243. The van der Waals surface area contributed by atoms with E-state index in [1.807, 2.05) is 12.1 Å². The molecule has 1 unspecified atom stereocenters. The van der Waals surface area contributed by atoms with Crippen molar-refractivity contribution in [1.29, 1.82) is 0 Å². The molecule has 1 fully saturated rings. The van der Waals surface area contributed by atoms with Crippen molar-refractivity contribution in [2.45, 2.75) is 24.7 Å². The smallest absolute Gasteiger partial charge is 0.241 e. The highest BCUT2D eigenvalue weighted by Gasteiger charge is 2.20. The molecule has 2 aromatic rings. The van der Waals surface area contributed by atoms with E-state index in [9.17, 15) is 13.2 Å². The topological polar surface area (TPSA) is 87.3 Å². The zero-order chi connectivity index (χ0) is 17.9. The van der Waals surface area contributed by atoms with Crippen LogP contribution in [0.4, 0.5) is 5.69 Å². The zero-order valence-electron chi connectivity index (χ0n) is 14.6. The second-order valence-electron chi connectivity index (χ2n) is 6.38. The molecular formula is C18H24ClN3O3S. The van der Waals surface area contributed by atoms with Gasteiger partial charge in [-0.25, -0.2) is 13.1 Å². The molecule has 0 aliphatic carbocycles. The minimum Gasteiger partial charge on any atom is -0.326 e. The highest BCUT2D eigenvalue weighted by atomic mass is 35.5. The van der Waals surface area contributed by atoms with E-state index in [4.69, 9.17) is 0 Å². The lowest BCUT2D eigenvalue weighted by molar-refractivity contribution is -0.114. The second kappa shape index (κ2) is 8.81. The maximum Gasteiger partial charge on any atom is 0.241 e. The molecule has 26 heavy (non-hydrogen) atoms. The average Bonchev–Trinajstić information content (AvgIpc) is 3.07. The highest BCUT2D eigenvalue weighted by molar-refractivity contribution is 7.89. The number of hydrogen-bond acceptors (Lipinski definition) is 4. The average molecular weight is 398 g/mol. The molecule has 0 spiro atoms. The number of nitrogens with one attached hydrogen (secondary N) is 3. The van der Waals surface area contributed by atoms with Crippen molar-refractivity contribution in [2.24, 2.45) is 5.92 Å². The van der Waals surface area contributed by atoms with Gasteiger partial charge in [0, 0.05) is 29.9 Å². The molecule has 3 N–H and O–H groups in total. The Morgan fingerprint density at radius 2 is 1.92 bits per heavy atom. The number of amides is 1. The second-order valence-corrected chi connectivity index (χ2v) is 8.12. The van der Waals surface area contributed by atoms with Gasteiger partial charge in [0.25, 0.3) is 0 Å². The first kappa shape index (κ1) is 20.6. The van der Waals surface area contributed by atoms with Crippen molar-refractivity contribution in [3.8, 4) is 0 Å². The molecule has 8 heteroatoms. The Labute approximate surface area is 160 Å². The maximum absolute atomic E-state index is 12.7. The predicted octanol–water partition coefficient (Wildman–Crippen LogP) is 2.50. The summed E-state index contributed by atoms with van der Waals surface area (Å²) in [4.78, 5) is 11.6. The minimum absolute atomic E-state index is 0. The fraction of sp³-hybridized carbons (Fsp3) is 0.389. The predicted molar refractivity (Wildman–Crippen MR) is 106 cm³/mol. The molecule has 1 aliphatic rings. The highest BCUT2D eigenvalue weighted by Crippen LogP contribution is 2.29. The number of carbonyl (C=O) groups excluding carboxylic acids is 1. The molecule has 142 valence electrons. The monoisotopic (exact) mass is 397 g/mol. The van der Waals surface area contributed by atoms with Crippen molar-refractivity contribution in [3.05, 3.63) is 36.4 Å². The fourth-order valence-electron chi connectivity index (χ4n) is 3.24. The summed E-state index contributed by atoms with van der Waals surface area (Å²) in [6.07, 6.45) is 1.92. The maximum atomic E-state index is 12.7. The largest absolute Gasteiger partial charge is 0.326 e. The number of rotatable bonds is 6. The van der Waals surface area contributed by atoms with E-state index < -0.39 is 10.0 Å². The number of benzene rings is 2. The van der Waals surface area contributed by atoms with Crippen LogP contribution in [0.2, 0.25) is 0 Å². The molecule has 6 nitrogen and oxygen atoms in total. The van der Waals surface area contributed by atoms with Gasteiger partial charge in [0.2, 0.25) is 15.9 Å². The van der Waals surface area contributed by atoms with Gasteiger partial charge in [-0.1, -0.05) is 24.3 Å². The van der Waals surface area contributed by atoms with Crippen molar-refractivity contribution in [3.63, 3.8) is 0 Å². The van der Waals surface area contributed by atoms with Crippen LogP contribution >= 0.6 is 12.4 Å². The van der Waals surface area contributed by atoms with Crippen molar-refractivity contribution >= 4 is 44.8 Å². The number of anilines is 1. The van der Waals surface area contributed by atoms with Gasteiger partial charge in [0.15, 0.2) is 0 Å². The van der Waals surface area contributed by atoms with Crippen molar-refractivity contribution < 1.29 is 13.2 Å². The Morgan fingerprint density at radius 3 is 2.58 bits per heavy atom. The quantitative estimate of drug-likeness (QED) is 0.698. The fourth-order valence-corrected chi connectivity index (χ4v) is 4.50. The summed E-state index contributed by atoms with van der Waals surface area (Å²) in [5.41, 5.74) is 0.610. The Kier molecular flexibility index (Phi) is 7.00. The number of hydrogen-bond donors (Lipinski definition) is 3. The first-order chi connectivity index (χ1) is 12.0. The Bertz CT molecular complexity index is 880. The van der Waals surface area contributed by atoms with E-state index in [0.717, 1.165) is 25.9 Å². The molecule has 0 aromatic heterocycles. The van der Waals surface area contributed by atoms with Gasteiger partial charge < -0.3 is 10.6 Å². The van der Waals surface area contributed by atoms with Crippen LogP contribution in [0.15, 0.2) is 41.3 Å². The summed E-state index contributed by atoms with van der Waals surface area (Å²) in [5.74, 6) is 0.339. The lowest BCUT2D eigenvalue weighted by atomic mass is 10.1. The van der Waals surface area contributed by atoms with E-state index >= 15 is 0 Å². The van der Waals surface area contributed by atoms with E-state index in [0.29, 0.717) is 28.9 Å². The van der Waals surface area contributed by atoms with E-state index in [-0.39, 0.29) is 23.2 Å². The minimum atomic E-state index is -3.61. The van der Waals surface area contributed by atoms with Gasteiger partial charge in [0.05, 0.1) is 4.90 Å². The first-order valence-electron chi connectivity index (χ1n) is 8.47. The van der Waals surface area contributed by atoms with Gasteiger partial charge >= 0.3 is 0 Å². The van der Waals surface area contributed by atoms with Gasteiger partial charge in [-0.2, -0.15) is 0 Å². The van der Waals surface area contributed by atoms with Crippen LogP contribution in [-0.2, 0) is 14.8 Å². The molecule has 0 saturated carbocycles. The Morgan fingerprint density at radius 1 is 1.19 bits per heavy atom. The molecule has 3 rings (SSSR count). The van der Waals surface area contributed by atoms with Crippen LogP contribution in [0.3, 0.4) is 0 Å². The van der Waals surface area contributed by atoms with Crippen LogP contribution in [-0.4, -0.2) is 34.0 Å². The van der Waals surface area contributed by atoms with E-state index in [1.165, 1.54) is 6.92 Å². The number of fused-ring (bicyclic) bond motifs is 1. The lowest BCUT2D eigenvalue weighted by Gasteiger charge is -2.14. The number of halogens is 1. The summed E-state index contributed by atoms with van der Waals surface area (Å²) < 4.78 is 28.2. The molecular weight excluding hydrogens is 374 g/mol. The summed E-state index contributed by atoms with van der Waals surface area (Å²) >= 11 is 0. The van der Waals surface area contributed by atoms with Crippen LogP contribution in [0.25, 0.3) is 10.8 Å². The molecule has 2 aromatic carbocycles. The van der Waals surface area contributed by atoms with Crippen LogP contribution in [0, 0.1) is 5.92 Å². The number of carbonyl (C=O) groups is 1. The van der Waals surface area contributed by atoms with Crippen LogP contribution in [0.1, 0.15) is 19.8 Å². The zero-order valence-corrected chi connectivity index (χ0v) is 16.3. The lowest BCUT2D eigenvalue weighted by Crippen LogP contribution is -2.27. The van der Waals surface area contributed by atoms with E-state index in [2.05, 4.69) is 15.4 Å². The van der Waals surface area contributed by atoms with Gasteiger partial charge in [-0.3, -0.25) is 4.79 Å². The summed E-state index contributed by atoms with van der Waals surface area (Å²) in [6.45, 7) is 3.82. The molecule has 0 radical (unpaired) electrons. The third-order valence-electron chi connectivity index (χ3n) is 4.49. The molecule has 0 bridgehead atoms. The summed E-state index contributed by atoms with van der Waals surface area (Å²) in [7, 11) is -3.61. The first-order valence-corrected chi connectivity index (χ1v) is 9.95. The molecule has 1 aliphatic heterocycles. The number of sulfonamides is 1. The van der Waals surface area contributed by atoms with Gasteiger partial charge in [-0.15, -0.1) is 12.4 Å². The molecule has 1 amide bonds.